The number of halogens is 4. The van der Waals surface area contributed by atoms with Crippen molar-refractivity contribution in [2.45, 2.75) is 19.1 Å². The maximum atomic E-state index is 12.7. The Morgan fingerprint density at radius 1 is 1.50 bits per heavy atom. The molecule has 0 saturated carbocycles. The Labute approximate surface area is 131 Å². The van der Waals surface area contributed by atoms with Crippen LogP contribution in [0.4, 0.5) is 18.9 Å². The van der Waals surface area contributed by atoms with Crippen molar-refractivity contribution in [3.05, 3.63) is 28.8 Å². The molecule has 1 amide bonds. The molecule has 2 N–H and O–H groups in total. The zero-order chi connectivity index (χ0) is 16.3. The minimum absolute atomic E-state index is 0.0238. The Morgan fingerprint density at radius 3 is 2.86 bits per heavy atom. The van der Waals surface area contributed by atoms with E-state index in [1.54, 1.807) is 0 Å². The molecule has 1 heterocycles. The van der Waals surface area contributed by atoms with Crippen LogP contribution in [-0.2, 0) is 11.0 Å². The molecule has 1 aliphatic heterocycles. The number of carbonyl (C=O) groups excluding carboxylic acids is 1. The average molecular weight is 336 g/mol. The summed E-state index contributed by atoms with van der Waals surface area (Å²) in [6, 6.07) is 3.06. The lowest BCUT2D eigenvalue weighted by Crippen LogP contribution is -2.52. The molecule has 1 fully saturated rings. The maximum Gasteiger partial charge on any atom is 0.416 e. The largest absolute Gasteiger partial charge is 0.416 e. The molecule has 1 aromatic carbocycles. The van der Waals surface area contributed by atoms with E-state index in [9.17, 15) is 18.0 Å². The molecule has 1 atom stereocenters. The van der Waals surface area contributed by atoms with Crippen molar-refractivity contribution < 1.29 is 18.0 Å². The fraction of sp³-hybridized carbons (Fsp3) is 0.500. The van der Waals surface area contributed by atoms with Gasteiger partial charge in [-0.05, 0) is 25.1 Å². The van der Waals surface area contributed by atoms with Gasteiger partial charge in [-0.1, -0.05) is 11.6 Å². The quantitative estimate of drug-likeness (QED) is 0.892. The Bertz CT molecular complexity index is 551. The lowest BCUT2D eigenvalue weighted by molar-refractivity contribution is -0.137. The summed E-state index contributed by atoms with van der Waals surface area (Å²) in [6.07, 6.45) is -4.48. The van der Waals surface area contributed by atoms with Gasteiger partial charge in [0.2, 0.25) is 5.91 Å². The molecule has 4 nitrogen and oxygen atoms in total. The van der Waals surface area contributed by atoms with E-state index in [-0.39, 0.29) is 29.2 Å². The molecule has 8 heteroatoms. The predicted octanol–water partition coefficient (Wildman–Crippen LogP) is 2.59. The number of nitrogens with one attached hydrogen (secondary N) is 2. The zero-order valence-corrected chi connectivity index (χ0v) is 12.8. The molecule has 0 unspecified atom stereocenters. The molecular weight excluding hydrogens is 319 g/mol. The summed E-state index contributed by atoms with van der Waals surface area (Å²) in [5.74, 6) is -0.380. The van der Waals surface area contributed by atoms with Gasteiger partial charge in [0.05, 0.1) is 22.8 Å². The number of nitrogens with zero attached hydrogens (tertiary/aromatic N) is 1. The lowest BCUT2D eigenvalue weighted by Gasteiger charge is -2.33. The fourth-order valence-corrected chi connectivity index (χ4v) is 2.45. The van der Waals surface area contributed by atoms with Crippen LogP contribution in [0.5, 0.6) is 0 Å². The van der Waals surface area contributed by atoms with Gasteiger partial charge in [0.25, 0.3) is 0 Å². The van der Waals surface area contributed by atoms with Crippen LogP contribution in [0.1, 0.15) is 12.5 Å². The van der Waals surface area contributed by atoms with Crippen LogP contribution in [0.15, 0.2) is 18.2 Å². The first-order valence-corrected chi connectivity index (χ1v) is 7.26. The molecule has 0 radical (unpaired) electrons. The summed E-state index contributed by atoms with van der Waals surface area (Å²) in [7, 11) is 0. The monoisotopic (exact) mass is 335 g/mol. The lowest BCUT2D eigenvalue weighted by atomic mass is 10.2. The third-order valence-corrected chi connectivity index (χ3v) is 3.88. The normalized spacial score (nSPS) is 20.0. The highest BCUT2D eigenvalue weighted by Crippen LogP contribution is 2.33. The molecule has 0 aliphatic carbocycles. The number of carbonyl (C=O) groups is 1. The highest BCUT2D eigenvalue weighted by Gasteiger charge is 2.31. The fourth-order valence-electron chi connectivity index (χ4n) is 2.29. The van der Waals surface area contributed by atoms with Crippen molar-refractivity contribution >= 4 is 23.2 Å². The van der Waals surface area contributed by atoms with Crippen LogP contribution in [0.25, 0.3) is 0 Å². The number of piperazine rings is 1. The van der Waals surface area contributed by atoms with Gasteiger partial charge in [0.1, 0.15) is 0 Å². The highest BCUT2D eigenvalue weighted by molar-refractivity contribution is 6.33. The summed E-state index contributed by atoms with van der Waals surface area (Å²) >= 11 is 5.86. The summed E-state index contributed by atoms with van der Waals surface area (Å²) in [5.41, 5.74) is -0.869. The average Bonchev–Trinajstić information content (AvgIpc) is 2.42. The number of alkyl halides is 3. The SMILES string of the molecule is C[C@H]1CNCCN1CC(=O)Nc1cc(C(F)(F)F)ccc1Cl. The van der Waals surface area contributed by atoms with Crippen LogP contribution in [-0.4, -0.2) is 43.0 Å². The summed E-state index contributed by atoms with van der Waals surface area (Å²) in [6.45, 7) is 4.37. The molecule has 122 valence electrons. The number of rotatable bonds is 3. The second-order valence-electron chi connectivity index (χ2n) is 5.26. The van der Waals surface area contributed by atoms with E-state index in [2.05, 4.69) is 10.6 Å². The van der Waals surface area contributed by atoms with Gasteiger partial charge >= 0.3 is 6.18 Å². The topological polar surface area (TPSA) is 44.4 Å². The van der Waals surface area contributed by atoms with E-state index < -0.39 is 11.7 Å². The molecule has 1 aliphatic rings. The Hall–Kier alpha value is -1.31. The second kappa shape index (κ2) is 6.85. The smallest absolute Gasteiger partial charge is 0.324 e. The summed E-state index contributed by atoms with van der Waals surface area (Å²) in [4.78, 5) is 14.0. The maximum absolute atomic E-state index is 12.7. The molecule has 0 bridgehead atoms. The van der Waals surface area contributed by atoms with Crippen LogP contribution in [0.2, 0.25) is 5.02 Å². The van der Waals surface area contributed by atoms with E-state index in [1.165, 1.54) is 0 Å². The van der Waals surface area contributed by atoms with E-state index in [1.807, 2.05) is 11.8 Å². The number of amides is 1. The van der Waals surface area contributed by atoms with Crippen molar-refractivity contribution in [2.24, 2.45) is 0 Å². The number of benzene rings is 1. The number of anilines is 1. The third kappa shape index (κ3) is 4.34. The van der Waals surface area contributed by atoms with Crippen molar-refractivity contribution in [1.29, 1.82) is 0 Å². The van der Waals surface area contributed by atoms with Gasteiger partial charge in [-0.25, -0.2) is 0 Å². The first kappa shape index (κ1) is 17.1. The highest BCUT2D eigenvalue weighted by atomic mass is 35.5. The van der Waals surface area contributed by atoms with Crippen molar-refractivity contribution in [2.75, 3.05) is 31.5 Å². The standard InChI is InChI=1S/C14H17ClF3N3O/c1-9-7-19-4-5-21(9)8-13(22)20-12-6-10(14(16,17)18)2-3-11(12)15/h2-3,6,9,19H,4-5,7-8H2,1H3,(H,20,22)/t9-/m0/s1. The first-order chi connectivity index (χ1) is 10.3. The van der Waals surface area contributed by atoms with E-state index >= 15 is 0 Å². The van der Waals surface area contributed by atoms with Gasteiger partial charge in [0.15, 0.2) is 0 Å². The van der Waals surface area contributed by atoms with Crippen molar-refractivity contribution in [3.63, 3.8) is 0 Å². The van der Waals surface area contributed by atoms with Crippen molar-refractivity contribution in [3.8, 4) is 0 Å². The predicted molar refractivity (Wildman–Crippen MR) is 79.0 cm³/mol. The van der Waals surface area contributed by atoms with Crippen LogP contribution >= 0.6 is 11.6 Å². The summed E-state index contributed by atoms with van der Waals surface area (Å²) in [5, 5.41) is 5.74. The van der Waals surface area contributed by atoms with Crippen LogP contribution in [0.3, 0.4) is 0 Å². The summed E-state index contributed by atoms with van der Waals surface area (Å²) < 4.78 is 38.1. The third-order valence-electron chi connectivity index (χ3n) is 3.55. The van der Waals surface area contributed by atoms with Gasteiger partial charge in [-0.2, -0.15) is 13.2 Å². The van der Waals surface area contributed by atoms with Gasteiger partial charge in [-0.15, -0.1) is 0 Å². The van der Waals surface area contributed by atoms with Gasteiger partial charge in [0, 0.05) is 25.7 Å². The first-order valence-electron chi connectivity index (χ1n) is 6.89. The van der Waals surface area contributed by atoms with Crippen LogP contribution in [0, 0.1) is 0 Å². The number of hydrogen-bond donors (Lipinski definition) is 2. The Morgan fingerprint density at radius 2 is 2.23 bits per heavy atom. The van der Waals surface area contributed by atoms with E-state index in [0.717, 1.165) is 31.3 Å². The van der Waals surface area contributed by atoms with Crippen LogP contribution < -0.4 is 10.6 Å². The van der Waals surface area contributed by atoms with Gasteiger partial charge in [-0.3, -0.25) is 9.69 Å². The zero-order valence-electron chi connectivity index (χ0n) is 12.0. The molecule has 1 aromatic rings. The molecule has 2 rings (SSSR count). The molecule has 0 spiro atoms. The van der Waals surface area contributed by atoms with E-state index in [0.29, 0.717) is 6.54 Å². The second-order valence-corrected chi connectivity index (χ2v) is 5.67. The molecule has 0 aromatic heterocycles. The van der Waals surface area contributed by atoms with E-state index in [4.69, 9.17) is 11.6 Å². The minimum atomic E-state index is -4.48. The molecule has 22 heavy (non-hydrogen) atoms. The Kier molecular flexibility index (Phi) is 5.31. The number of hydrogen-bond acceptors (Lipinski definition) is 3. The minimum Gasteiger partial charge on any atom is -0.324 e. The molecule has 1 saturated heterocycles. The van der Waals surface area contributed by atoms with Crippen molar-refractivity contribution in [1.82, 2.24) is 10.2 Å². The molecular formula is C14H17ClF3N3O. The van der Waals surface area contributed by atoms with Gasteiger partial charge < -0.3 is 10.6 Å². The Balaban J connectivity index is 2.04.